The van der Waals surface area contributed by atoms with Crippen LogP contribution in [-0.2, 0) is 19.4 Å². The maximum Gasteiger partial charge on any atom is 0.251 e. The molecule has 7 heteroatoms. The number of carbonyl (C=O) groups excluding carboxylic acids is 1. The summed E-state index contributed by atoms with van der Waals surface area (Å²) < 4.78 is 4.45. The van der Waals surface area contributed by atoms with Crippen LogP contribution in [0, 0.1) is 5.41 Å². The van der Waals surface area contributed by atoms with E-state index in [0.29, 0.717) is 30.0 Å². The third-order valence-corrected chi connectivity index (χ3v) is 9.64. The molecule has 2 atom stereocenters. The van der Waals surface area contributed by atoms with Gasteiger partial charge in [-0.15, -0.1) is 0 Å². The van der Waals surface area contributed by atoms with E-state index < -0.39 is 12.1 Å². The molecule has 1 aliphatic carbocycles. The van der Waals surface area contributed by atoms with Gasteiger partial charge in [0.1, 0.15) is 0 Å². The first kappa shape index (κ1) is 28.1. The summed E-state index contributed by atoms with van der Waals surface area (Å²) in [6.45, 7) is 8.15. The fourth-order valence-corrected chi connectivity index (χ4v) is 6.99. The van der Waals surface area contributed by atoms with Crippen LogP contribution in [0.15, 0.2) is 48.7 Å². The molecule has 0 spiro atoms. The van der Waals surface area contributed by atoms with Crippen LogP contribution >= 0.6 is 11.9 Å². The number of hydrogen-bond donors (Lipinski definition) is 3. The molecule has 0 saturated heterocycles. The van der Waals surface area contributed by atoms with Crippen molar-refractivity contribution in [3.05, 3.63) is 65.4 Å². The molecule has 6 nitrogen and oxygen atoms in total. The number of carbonyl (C=O) groups is 1. The first-order valence-electron chi connectivity index (χ1n) is 14.5. The SMILES string of the molecule is CCn1cc2c3c(cc(C(=O)N[C@@H](Cc4ccccc4)[C@H](O)CNC4CCC(C)(C)CC4)cc31)N(C)SCC2. The Kier molecular flexibility index (Phi) is 8.60. The molecule has 0 radical (unpaired) electrons. The van der Waals surface area contributed by atoms with Gasteiger partial charge in [-0.2, -0.15) is 0 Å². The number of anilines is 1. The van der Waals surface area contributed by atoms with Gasteiger partial charge >= 0.3 is 0 Å². The van der Waals surface area contributed by atoms with Gasteiger partial charge in [-0.25, -0.2) is 0 Å². The van der Waals surface area contributed by atoms with E-state index in [0.717, 1.165) is 48.3 Å². The van der Waals surface area contributed by atoms with Crippen molar-refractivity contribution in [2.45, 2.75) is 84.0 Å². The monoisotopic (exact) mass is 548 g/mol. The molecule has 1 aliphatic heterocycles. The van der Waals surface area contributed by atoms with Crippen molar-refractivity contribution in [1.82, 2.24) is 15.2 Å². The molecule has 2 aromatic carbocycles. The topological polar surface area (TPSA) is 69.5 Å². The van der Waals surface area contributed by atoms with Crippen molar-refractivity contribution in [2.75, 3.05) is 23.7 Å². The summed E-state index contributed by atoms with van der Waals surface area (Å²) in [5, 5.41) is 19.4. The second-order valence-corrected chi connectivity index (χ2v) is 13.3. The molecule has 2 heterocycles. The van der Waals surface area contributed by atoms with Crippen LogP contribution in [0.5, 0.6) is 0 Å². The first-order chi connectivity index (χ1) is 18.7. The second-order valence-electron chi connectivity index (χ2n) is 12.1. The van der Waals surface area contributed by atoms with Gasteiger partial charge < -0.3 is 24.6 Å². The van der Waals surface area contributed by atoms with E-state index >= 15 is 0 Å². The third-order valence-electron chi connectivity index (χ3n) is 8.67. The van der Waals surface area contributed by atoms with E-state index in [1.807, 2.05) is 30.3 Å². The number of aryl methyl sites for hydroxylation is 2. The smallest absolute Gasteiger partial charge is 0.251 e. The minimum atomic E-state index is -0.696. The standard InChI is InChI=1S/C32H44N4O2S/c1-5-36-21-23-13-16-39-35(4)27-18-24(19-28(36)30(23)27)31(38)34-26(17-22-9-7-6-8-10-22)29(37)20-33-25-11-14-32(2,3)15-12-25/h6-10,18-19,21,25-26,29,33,37H,5,11-17,20H2,1-4H3,(H,34,38)/t26-,29+/m0/s1. The molecule has 3 aromatic rings. The van der Waals surface area contributed by atoms with E-state index in [-0.39, 0.29) is 5.91 Å². The van der Waals surface area contributed by atoms with E-state index in [9.17, 15) is 9.90 Å². The predicted molar refractivity (Wildman–Crippen MR) is 164 cm³/mol. The molecule has 3 N–H and O–H groups in total. The Bertz CT molecular complexity index is 1280. The maximum absolute atomic E-state index is 13.8. The fourth-order valence-electron chi connectivity index (χ4n) is 6.12. The van der Waals surface area contributed by atoms with Crippen molar-refractivity contribution in [2.24, 2.45) is 5.41 Å². The lowest BCUT2D eigenvalue weighted by Crippen LogP contribution is -2.50. The van der Waals surface area contributed by atoms with Crippen LogP contribution < -0.4 is 14.9 Å². The quantitative estimate of drug-likeness (QED) is 0.306. The largest absolute Gasteiger partial charge is 0.390 e. The normalized spacial score (nSPS) is 19.1. The highest BCUT2D eigenvalue weighted by Crippen LogP contribution is 2.38. The number of hydrogen-bond acceptors (Lipinski definition) is 5. The molecule has 1 saturated carbocycles. The van der Waals surface area contributed by atoms with E-state index in [4.69, 9.17) is 0 Å². The molecule has 1 aromatic heterocycles. The Morgan fingerprint density at radius 3 is 2.64 bits per heavy atom. The summed E-state index contributed by atoms with van der Waals surface area (Å²) in [4.78, 5) is 13.8. The molecular weight excluding hydrogens is 504 g/mol. The Hall–Kier alpha value is -2.48. The Morgan fingerprint density at radius 1 is 1.18 bits per heavy atom. The lowest BCUT2D eigenvalue weighted by atomic mass is 9.75. The average molecular weight is 549 g/mol. The number of nitrogens with zero attached hydrogens (tertiary/aromatic N) is 2. The molecular formula is C32H44N4O2S. The van der Waals surface area contributed by atoms with Gasteiger partial charge in [0, 0.05) is 49.1 Å². The van der Waals surface area contributed by atoms with Gasteiger partial charge in [0.2, 0.25) is 0 Å². The number of aliphatic hydroxyl groups excluding tert-OH is 1. The summed E-state index contributed by atoms with van der Waals surface area (Å²) in [7, 11) is 2.08. The molecule has 5 rings (SSSR count). The summed E-state index contributed by atoms with van der Waals surface area (Å²) >= 11 is 1.79. The minimum Gasteiger partial charge on any atom is -0.390 e. The summed E-state index contributed by atoms with van der Waals surface area (Å²) in [5.74, 6) is 0.882. The highest BCUT2D eigenvalue weighted by atomic mass is 32.2. The number of aromatic nitrogens is 1. The highest BCUT2D eigenvalue weighted by Gasteiger charge is 2.29. The first-order valence-corrected chi connectivity index (χ1v) is 15.5. The zero-order valence-corrected chi connectivity index (χ0v) is 24.7. The van der Waals surface area contributed by atoms with Gasteiger partial charge in [0.05, 0.1) is 23.3 Å². The zero-order chi connectivity index (χ0) is 27.6. The van der Waals surface area contributed by atoms with Gasteiger partial charge in [-0.1, -0.05) is 44.2 Å². The van der Waals surface area contributed by atoms with E-state index in [2.05, 4.69) is 65.7 Å². The van der Waals surface area contributed by atoms with Crippen LogP contribution in [0.2, 0.25) is 0 Å². The molecule has 0 unspecified atom stereocenters. The average Bonchev–Trinajstić information content (AvgIpc) is 3.20. The van der Waals surface area contributed by atoms with Gasteiger partial charge in [-0.3, -0.25) is 4.79 Å². The molecule has 0 bridgehead atoms. The highest BCUT2D eigenvalue weighted by molar-refractivity contribution is 8.00. The number of aliphatic hydroxyl groups is 1. The number of benzene rings is 2. The summed E-state index contributed by atoms with van der Waals surface area (Å²) in [6.07, 6.45) is 7.80. The van der Waals surface area contributed by atoms with Crippen LogP contribution in [0.3, 0.4) is 0 Å². The Morgan fingerprint density at radius 2 is 1.92 bits per heavy atom. The fraction of sp³-hybridized carbons (Fsp3) is 0.531. The number of rotatable bonds is 9. The van der Waals surface area contributed by atoms with Gasteiger partial charge in [-0.05, 0) is 86.1 Å². The van der Waals surface area contributed by atoms with Crippen molar-refractivity contribution in [1.29, 1.82) is 0 Å². The van der Waals surface area contributed by atoms with Crippen molar-refractivity contribution < 1.29 is 9.90 Å². The van der Waals surface area contributed by atoms with Crippen molar-refractivity contribution in [3.8, 4) is 0 Å². The van der Waals surface area contributed by atoms with Gasteiger partial charge in [0.25, 0.3) is 5.91 Å². The lowest BCUT2D eigenvalue weighted by molar-refractivity contribution is 0.0813. The van der Waals surface area contributed by atoms with Crippen LogP contribution in [0.1, 0.15) is 67.9 Å². The van der Waals surface area contributed by atoms with E-state index in [1.54, 1.807) is 11.9 Å². The Labute approximate surface area is 237 Å². The molecule has 1 amide bonds. The Balaban J connectivity index is 1.36. The molecule has 1 fully saturated rings. The van der Waals surface area contributed by atoms with Gasteiger partial charge in [0.15, 0.2) is 0 Å². The maximum atomic E-state index is 13.8. The summed E-state index contributed by atoms with van der Waals surface area (Å²) in [5.41, 5.74) is 5.68. The zero-order valence-electron chi connectivity index (χ0n) is 23.9. The molecule has 2 aliphatic rings. The third kappa shape index (κ3) is 6.47. The van der Waals surface area contributed by atoms with Crippen molar-refractivity contribution in [3.63, 3.8) is 0 Å². The second kappa shape index (κ2) is 11.9. The van der Waals surface area contributed by atoms with Crippen LogP contribution in [0.4, 0.5) is 5.69 Å². The number of nitrogens with one attached hydrogen (secondary N) is 2. The van der Waals surface area contributed by atoms with Crippen LogP contribution in [-0.4, -0.2) is 53.1 Å². The number of amides is 1. The van der Waals surface area contributed by atoms with Crippen LogP contribution in [0.25, 0.3) is 10.9 Å². The molecule has 39 heavy (non-hydrogen) atoms. The minimum absolute atomic E-state index is 0.138. The summed E-state index contributed by atoms with van der Waals surface area (Å²) in [6, 6.07) is 14.2. The van der Waals surface area contributed by atoms with E-state index in [1.165, 1.54) is 23.8 Å². The lowest BCUT2D eigenvalue weighted by Gasteiger charge is -2.35. The van der Waals surface area contributed by atoms with Crippen molar-refractivity contribution >= 4 is 34.4 Å². The predicted octanol–water partition coefficient (Wildman–Crippen LogP) is 5.56. The molecule has 210 valence electrons.